The van der Waals surface area contributed by atoms with Crippen molar-refractivity contribution in [1.82, 2.24) is 9.29 Å². The summed E-state index contributed by atoms with van der Waals surface area (Å²) in [5, 5.41) is 0. The molecule has 0 saturated heterocycles. The van der Waals surface area contributed by atoms with Crippen LogP contribution < -0.4 is 10.5 Å². The van der Waals surface area contributed by atoms with E-state index in [9.17, 15) is 8.42 Å². The average molecular weight is 282 g/mol. The highest BCUT2D eigenvalue weighted by molar-refractivity contribution is 7.90. The molecule has 0 amide bonds. The summed E-state index contributed by atoms with van der Waals surface area (Å²) in [6.07, 6.45) is 1.49. The van der Waals surface area contributed by atoms with Gasteiger partial charge in [0, 0.05) is 24.8 Å². The largest absolute Gasteiger partial charge is 0.320 e. The third kappa shape index (κ3) is 4.52. The van der Waals surface area contributed by atoms with Gasteiger partial charge in [0.1, 0.15) is 5.82 Å². The maximum absolute atomic E-state index is 12.0. The van der Waals surface area contributed by atoms with Gasteiger partial charge in [-0.25, -0.2) is 4.98 Å². The molecule has 104 valence electrons. The quantitative estimate of drug-likeness (QED) is 0.782. The molecule has 0 aliphatic heterocycles. The fraction of sp³-hybridized carbons (Fsp3) is 0.417. The Morgan fingerprint density at radius 3 is 2.79 bits per heavy atom. The van der Waals surface area contributed by atoms with Crippen LogP contribution in [0.15, 0.2) is 18.3 Å². The first kappa shape index (κ1) is 15.4. The first-order chi connectivity index (χ1) is 8.86. The fourth-order valence-electron chi connectivity index (χ4n) is 1.20. The zero-order valence-corrected chi connectivity index (χ0v) is 12.0. The Morgan fingerprint density at radius 1 is 1.53 bits per heavy atom. The molecule has 7 heteroatoms. The van der Waals surface area contributed by atoms with Crippen molar-refractivity contribution in [3.8, 4) is 11.8 Å². The first-order valence-electron chi connectivity index (χ1n) is 5.77. The molecule has 1 aromatic rings. The molecule has 1 heterocycles. The predicted molar refractivity (Wildman–Crippen MR) is 75.6 cm³/mol. The van der Waals surface area contributed by atoms with Gasteiger partial charge in [-0.3, -0.25) is 4.72 Å². The van der Waals surface area contributed by atoms with Gasteiger partial charge in [0.15, 0.2) is 0 Å². The van der Waals surface area contributed by atoms with Gasteiger partial charge >= 0.3 is 10.2 Å². The predicted octanol–water partition coefficient (Wildman–Crippen LogP) is 0.389. The van der Waals surface area contributed by atoms with Gasteiger partial charge in [-0.15, -0.1) is 0 Å². The van der Waals surface area contributed by atoms with Crippen LogP contribution in [-0.4, -0.2) is 37.3 Å². The van der Waals surface area contributed by atoms with Crippen LogP contribution in [0.4, 0.5) is 5.82 Å². The molecule has 1 aromatic heterocycles. The molecule has 0 spiro atoms. The molecule has 6 nitrogen and oxygen atoms in total. The Hall–Kier alpha value is -1.62. The molecule has 0 fully saturated rings. The molecule has 0 unspecified atom stereocenters. The number of rotatable bonds is 4. The maximum atomic E-state index is 12.0. The van der Waals surface area contributed by atoms with Crippen molar-refractivity contribution >= 4 is 16.0 Å². The lowest BCUT2D eigenvalue weighted by molar-refractivity contribution is 0.414. The highest BCUT2D eigenvalue weighted by Crippen LogP contribution is 2.11. The van der Waals surface area contributed by atoms with Crippen molar-refractivity contribution in [3.63, 3.8) is 0 Å². The van der Waals surface area contributed by atoms with Crippen molar-refractivity contribution in [2.45, 2.75) is 19.9 Å². The lowest BCUT2D eigenvalue weighted by Crippen LogP contribution is -2.37. The summed E-state index contributed by atoms with van der Waals surface area (Å²) < 4.78 is 27.6. The van der Waals surface area contributed by atoms with E-state index >= 15 is 0 Å². The molecular weight excluding hydrogens is 264 g/mol. The second-order valence-corrected chi connectivity index (χ2v) is 5.88. The highest BCUT2D eigenvalue weighted by Gasteiger charge is 2.20. The van der Waals surface area contributed by atoms with Crippen LogP contribution in [0.25, 0.3) is 0 Å². The van der Waals surface area contributed by atoms with Crippen LogP contribution >= 0.6 is 0 Å². The van der Waals surface area contributed by atoms with Crippen LogP contribution in [-0.2, 0) is 10.2 Å². The van der Waals surface area contributed by atoms with E-state index < -0.39 is 10.2 Å². The lowest BCUT2D eigenvalue weighted by atomic mass is 10.2. The Kier molecular flexibility index (Phi) is 5.30. The first-order valence-corrected chi connectivity index (χ1v) is 7.21. The summed E-state index contributed by atoms with van der Waals surface area (Å²) in [5.74, 6) is 5.75. The van der Waals surface area contributed by atoms with Gasteiger partial charge in [0.25, 0.3) is 0 Å². The number of anilines is 1. The summed E-state index contributed by atoms with van der Waals surface area (Å²) in [4.78, 5) is 3.96. The third-order valence-electron chi connectivity index (χ3n) is 2.43. The van der Waals surface area contributed by atoms with Crippen molar-refractivity contribution in [1.29, 1.82) is 0 Å². The number of nitrogens with zero attached hydrogens (tertiary/aromatic N) is 2. The minimum absolute atomic E-state index is 0.141. The Labute approximate surface area is 114 Å². The van der Waals surface area contributed by atoms with E-state index in [2.05, 4.69) is 21.5 Å². The van der Waals surface area contributed by atoms with E-state index in [1.165, 1.54) is 17.5 Å². The monoisotopic (exact) mass is 282 g/mol. The molecule has 0 bridgehead atoms. The van der Waals surface area contributed by atoms with Crippen molar-refractivity contribution in [2.24, 2.45) is 5.73 Å². The minimum Gasteiger partial charge on any atom is -0.320 e. The molecule has 0 radical (unpaired) electrons. The zero-order chi connectivity index (χ0) is 14.5. The van der Waals surface area contributed by atoms with Crippen LogP contribution in [0.5, 0.6) is 0 Å². The average Bonchev–Trinajstić information content (AvgIpc) is 2.35. The molecule has 0 saturated carbocycles. The van der Waals surface area contributed by atoms with E-state index in [4.69, 9.17) is 5.73 Å². The maximum Gasteiger partial charge on any atom is 0.302 e. The number of hydrogen-bond acceptors (Lipinski definition) is 4. The Balaban J connectivity index is 2.94. The Morgan fingerprint density at radius 2 is 2.21 bits per heavy atom. The molecule has 0 aliphatic rings. The van der Waals surface area contributed by atoms with E-state index in [0.29, 0.717) is 5.56 Å². The van der Waals surface area contributed by atoms with Crippen molar-refractivity contribution in [3.05, 3.63) is 23.9 Å². The van der Waals surface area contributed by atoms with Gasteiger partial charge in [-0.05, 0) is 26.0 Å². The van der Waals surface area contributed by atoms with Gasteiger partial charge in [0.2, 0.25) is 0 Å². The summed E-state index contributed by atoms with van der Waals surface area (Å²) in [7, 11) is -2.10. The zero-order valence-electron chi connectivity index (χ0n) is 11.2. The van der Waals surface area contributed by atoms with Gasteiger partial charge in [-0.1, -0.05) is 11.8 Å². The summed E-state index contributed by atoms with van der Waals surface area (Å²) in [6, 6.07) is 3.11. The van der Waals surface area contributed by atoms with Gasteiger partial charge < -0.3 is 5.73 Å². The van der Waals surface area contributed by atoms with Crippen molar-refractivity contribution < 1.29 is 8.42 Å². The number of hydrogen-bond donors (Lipinski definition) is 2. The molecular formula is C12H18N4O2S. The smallest absolute Gasteiger partial charge is 0.302 e. The molecule has 0 atom stereocenters. The number of pyridine rings is 1. The molecule has 0 aromatic carbocycles. The summed E-state index contributed by atoms with van der Waals surface area (Å²) in [5.41, 5.74) is 5.94. The van der Waals surface area contributed by atoms with E-state index in [0.717, 1.165) is 0 Å². The summed E-state index contributed by atoms with van der Waals surface area (Å²) >= 11 is 0. The van der Waals surface area contributed by atoms with Crippen LogP contribution in [0, 0.1) is 11.8 Å². The van der Waals surface area contributed by atoms with Gasteiger partial charge in [0.05, 0.1) is 6.54 Å². The minimum atomic E-state index is -3.60. The van der Waals surface area contributed by atoms with Crippen LogP contribution in [0.1, 0.15) is 19.4 Å². The summed E-state index contributed by atoms with van der Waals surface area (Å²) in [6.45, 7) is 3.82. The van der Waals surface area contributed by atoms with Gasteiger partial charge in [-0.2, -0.15) is 12.7 Å². The topological polar surface area (TPSA) is 88.3 Å². The van der Waals surface area contributed by atoms with E-state index in [1.54, 1.807) is 26.0 Å². The number of aromatic nitrogens is 1. The van der Waals surface area contributed by atoms with Crippen LogP contribution in [0.3, 0.4) is 0 Å². The van der Waals surface area contributed by atoms with Crippen molar-refractivity contribution in [2.75, 3.05) is 18.3 Å². The van der Waals surface area contributed by atoms with E-state index in [1.807, 2.05) is 0 Å². The number of nitrogens with one attached hydrogen (secondary N) is 1. The molecule has 19 heavy (non-hydrogen) atoms. The highest BCUT2D eigenvalue weighted by atomic mass is 32.2. The fourth-order valence-corrected chi connectivity index (χ4v) is 2.27. The molecule has 0 aliphatic carbocycles. The van der Waals surface area contributed by atoms with Crippen LogP contribution in [0.2, 0.25) is 0 Å². The normalized spacial score (nSPS) is 11.3. The second kappa shape index (κ2) is 6.52. The second-order valence-electron chi connectivity index (χ2n) is 4.15. The Bertz CT molecular complexity index is 587. The third-order valence-corrected chi connectivity index (χ3v) is 4.08. The molecule has 3 N–H and O–H groups in total. The van der Waals surface area contributed by atoms with E-state index in [-0.39, 0.29) is 18.4 Å². The number of nitrogens with two attached hydrogens (primary N) is 1. The lowest BCUT2D eigenvalue weighted by Gasteiger charge is -2.21. The standard InChI is InChI=1S/C12H18N4O2S/c1-10(2)16(3)19(17,18)15-12-9-11(5-4-7-13)6-8-14-12/h6,8-10H,7,13H2,1-3H3,(H,14,15). The SMILES string of the molecule is CC(C)N(C)S(=O)(=O)Nc1cc(C#CCN)ccn1. The molecule has 1 rings (SSSR count).